The van der Waals surface area contributed by atoms with Crippen LogP contribution < -0.4 is 5.32 Å². The normalized spacial score (nSPS) is 23.8. The Morgan fingerprint density at radius 1 is 1.17 bits per heavy atom. The van der Waals surface area contributed by atoms with Gasteiger partial charge in [0.25, 0.3) is 5.91 Å². The predicted molar refractivity (Wildman–Crippen MR) is 90.6 cm³/mol. The topological polar surface area (TPSA) is 63.1 Å². The van der Waals surface area contributed by atoms with E-state index in [9.17, 15) is 4.79 Å². The summed E-state index contributed by atoms with van der Waals surface area (Å²) >= 11 is 0. The lowest BCUT2D eigenvalue weighted by Crippen LogP contribution is -2.33. The minimum Gasteiger partial charge on any atom is -0.339 e. The van der Waals surface area contributed by atoms with E-state index in [-0.39, 0.29) is 5.91 Å². The lowest BCUT2D eigenvalue weighted by atomic mass is 9.92. The molecule has 0 spiro atoms. The first-order valence-electron chi connectivity index (χ1n) is 8.71. The molecule has 24 heavy (non-hydrogen) atoms. The summed E-state index contributed by atoms with van der Waals surface area (Å²) in [5.41, 5.74) is 1.79. The second-order valence-electron chi connectivity index (χ2n) is 6.80. The van der Waals surface area contributed by atoms with Crippen LogP contribution in [0, 0.1) is 11.8 Å². The van der Waals surface area contributed by atoms with E-state index in [1.807, 2.05) is 29.2 Å². The van der Waals surface area contributed by atoms with E-state index in [0.717, 1.165) is 62.0 Å². The van der Waals surface area contributed by atoms with Gasteiger partial charge in [-0.1, -0.05) is 18.2 Å². The van der Waals surface area contributed by atoms with Gasteiger partial charge in [0.05, 0.1) is 6.54 Å². The van der Waals surface area contributed by atoms with Crippen LogP contribution in [0.25, 0.3) is 0 Å². The molecule has 2 fully saturated rings. The Labute approximate surface area is 141 Å². The Balaban J connectivity index is 1.52. The van der Waals surface area contributed by atoms with Crippen molar-refractivity contribution in [3.8, 4) is 0 Å². The lowest BCUT2D eigenvalue weighted by Gasteiger charge is -2.22. The fourth-order valence-corrected chi connectivity index (χ4v) is 3.95. The van der Waals surface area contributed by atoms with Crippen LogP contribution in [0.3, 0.4) is 0 Å². The van der Waals surface area contributed by atoms with Gasteiger partial charge in [0.2, 0.25) is 0 Å². The number of nitrogens with one attached hydrogen (secondary N) is 1. The zero-order valence-electron chi connectivity index (χ0n) is 13.8. The zero-order valence-corrected chi connectivity index (χ0v) is 13.8. The van der Waals surface area contributed by atoms with Crippen molar-refractivity contribution < 1.29 is 4.79 Å². The number of carbonyl (C=O) groups excluding carboxylic acids is 1. The molecule has 3 heterocycles. The van der Waals surface area contributed by atoms with Crippen LogP contribution in [0.15, 0.2) is 36.9 Å². The first kappa shape index (κ1) is 15.3. The Hall–Kier alpha value is -2.21. The largest absolute Gasteiger partial charge is 0.339 e. The number of rotatable bonds is 3. The Morgan fingerprint density at radius 3 is 2.62 bits per heavy atom. The van der Waals surface area contributed by atoms with Crippen LogP contribution in [0.2, 0.25) is 0 Å². The standard InChI is InChI=1S/C18H23N5O/c24-18(22-7-5-14-9-19-10-15(14)6-8-22)17-4-2-1-3-16(17)11-23-13-20-12-21-23/h1-4,12-15,19H,5-11H2/t14-,15+. The van der Waals surface area contributed by atoms with Crippen LogP contribution in [0.1, 0.15) is 28.8 Å². The molecule has 0 saturated carbocycles. The molecule has 2 aliphatic rings. The van der Waals surface area contributed by atoms with Gasteiger partial charge in [-0.15, -0.1) is 0 Å². The predicted octanol–water partition coefficient (Wildman–Crippen LogP) is 1.40. The molecule has 6 heteroatoms. The van der Waals surface area contributed by atoms with Gasteiger partial charge in [-0.2, -0.15) is 5.10 Å². The summed E-state index contributed by atoms with van der Waals surface area (Å²) < 4.78 is 1.75. The highest BCUT2D eigenvalue weighted by Crippen LogP contribution is 2.28. The average Bonchev–Trinajstić information content (AvgIpc) is 3.24. The fourth-order valence-electron chi connectivity index (χ4n) is 3.95. The Bertz CT molecular complexity index is 685. The molecule has 1 N–H and O–H groups in total. The average molecular weight is 325 g/mol. The van der Waals surface area contributed by atoms with E-state index < -0.39 is 0 Å². The molecule has 2 atom stereocenters. The van der Waals surface area contributed by atoms with Gasteiger partial charge in [0, 0.05) is 18.7 Å². The number of benzene rings is 1. The van der Waals surface area contributed by atoms with Gasteiger partial charge in [-0.05, 0) is 49.4 Å². The molecule has 2 saturated heterocycles. The third-order valence-electron chi connectivity index (χ3n) is 5.35. The van der Waals surface area contributed by atoms with Gasteiger partial charge in [0.1, 0.15) is 12.7 Å². The fraction of sp³-hybridized carbons (Fsp3) is 0.500. The molecule has 2 aliphatic heterocycles. The van der Waals surface area contributed by atoms with Crippen molar-refractivity contribution in [1.29, 1.82) is 0 Å². The minimum atomic E-state index is 0.152. The Kier molecular flexibility index (Phi) is 4.30. The van der Waals surface area contributed by atoms with Crippen molar-refractivity contribution in [3.63, 3.8) is 0 Å². The highest BCUT2D eigenvalue weighted by atomic mass is 16.2. The second-order valence-corrected chi connectivity index (χ2v) is 6.80. The lowest BCUT2D eigenvalue weighted by molar-refractivity contribution is 0.0757. The maximum atomic E-state index is 13.1. The van der Waals surface area contributed by atoms with Gasteiger partial charge in [0.15, 0.2) is 0 Å². The maximum Gasteiger partial charge on any atom is 0.254 e. The quantitative estimate of drug-likeness (QED) is 0.926. The molecular weight excluding hydrogens is 302 g/mol. The van der Waals surface area contributed by atoms with Crippen LogP contribution in [0.5, 0.6) is 0 Å². The van der Waals surface area contributed by atoms with Crippen molar-refractivity contribution >= 4 is 5.91 Å². The molecule has 2 aromatic rings. The van der Waals surface area contributed by atoms with Crippen molar-refractivity contribution in [2.75, 3.05) is 26.2 Å². The number of carbonyl (C=O) groups is 1. The molecule has 126 valence electrons. The first-order chi connectivity index (χ1) is 11.8. The number of hydrogen-bond donors (Lipinski definition) is 1. The number of aromatic nitrogens is 3. The molecule has 0 unspecified atom stereocenters. The molecule has 1 aromatic carbocycles. The third kappa shape index (κ3) is 3.06. The number of fused-ring (bicyclic) bond motifs is 1. The van der Waals surface area contributed by atoms with E-state index in [2.05, 4.69) is 15.4 Å². The van der Waals surface area contributed by atoms with E-state index in [0.29, 0.717) is 6.54 Å². The van der Waals surface area contributed by atoms with Crippen LogP contribution >= 0.6 is 0 Å². The summed E-state index contributed by atoms with van der Waals surface area (Å²) in [6.07, 6.45) is 5.41. The highest BCUT2D eigenvalue weighted by Gasteiger charge is 2.32. The smallest absolute Gasteiger partial charge is 0.254 e. The highest BCUT2D eigenvalue weighted by molar-refractivity contribution is 5.95. The summed E-state index contributed by atoms with van der Waals surface area (Å²) in [4.78, 5) is 19.1. The van der Waals surface area contributed by atoms with Crippen LogP contribution in [0.4, 0.5) is 0 Å². The van der Waals surface area contributed by atoms with Crippen LogP contribution in [-0.4, -0.2) is 51.8 Å². The number of nitrogens with zero attached hydrogens (tertiary/aromatic N) is 4. The monoisotopic (exact) mass is 325 g/mol. The molecule has 4 rings (SSSR count). The molecule has 1 aromatic heterocycles. The van der Waals surface area contributed by atoms with Gasteiger partial charge < -0.3 is 10.2 Å². The summed E-state index contributed by atoms with van der Waals surface area (Å²) in [5.74, 6) is 1.61. The van der Waals surface area contributed by atoms with E-state index in [4.69, 9.17) is 0 Å². The van der Waals surface area contributed by atoms with Gasteiger partial charge in [-0.3, -0.25) is 4.79 Å². The van der Waals surface area contributed by atoms with Gasteiger partial charge in [-0.25, -0.2) is 9.67 Å². The van der Waals surface area contributed by atoms with Crippen LogP contribution in [-0.2, 0) is 6.54 Å². The summed E-state index contributed by atoms with van der Waals surface area (Å²) in [7, 11) is 0. The SMILES string of the molecule is O=C(c1ccccc1Cn1cncn1)N1CC[C@@H]2CNC[C@@H]2CC1. The van der Waals surface area contributed by atoms with E-state index in [1.165, 1.54) is 6.33 Å². The molecule has 6 nitrogen and oxygen atoms in total. The van der Waals surface area contributed by atoms with E-state index in [1.54, 1.807) is 11.0 Å². The molecule has 0 aliphatic carbocycles. The van der Waals surface area contributed by atoms with Crippen molar-refractivity contribution in [1.82, 2.24) is 25.0 Å². The van der Waals surface area contributed by atoms with Crippen molar-refractivity contribution in [3.05, 3.63) is 48.0 Å². The zero-order chi connectivity index (χ0) is 16.4. The molecule has 0 bridgehead atoms. The van der Waals surface area contributed by atoms with Crippen molar-refractivity contribution in [2.24, 2.45) is 11.8 Å². The molecular formula is C18H23N5O. The number of amides is 1. The van der Waals surface area contributed by atoms with Crippen molar-refractivity contribution in [2.45, 2.75) is 19.4 Å². The molecule has 0 radical (unpaired) electrons. The summed E-state index contributed by atoms with van der Waals surface area (Å²) in [5, 5.41) is 7.63. The Morgan fingerprint density at radius 2 is 1.92 bits per heavy atom. The van der Waals surface area contributed by atoms with E-state index >= 15 is 0 Å². The van der Waals surface area contributed by atoms with Gasteiger partial charge >= 0.3 is 0 Å². The minimum absolute atomic E-state index is 0.152. The molecule has 1 amide bonds. The summed E-state index contributed by atoms with van der Waals surface area (Å²) in [6.45, 7) is 4.51. The first-order valence-corrected chi connectivity index (χ1v) is 8.71. The second kappa shape index (κ2) is 6.73. The third-order valence-corrected chi connectivity index (χ3v) is 5.35. The number of likely N-dealkylation sites (tertiary alicyclic amines) is 1. The summed E-state index contributed by atoms with van der Waals surface area (Å²) in [6, 6.07) is 7.85. The maximum absolute atomic E-state index is 13.1. The number of hydrogen-bond acceptors (Lipinski definition) is 4.